The second kappa shape index (κ2) is 8.28. The number of nitrogens with one attached hydrogen (secondary N) is 2. The van der Waals surface area contributed by atoms with Gasteiger partial charge in [0.1, 0.15) is 0 Å². The summed E-state index contributed by atoms with van der Waals surface area (Å²) in [6.45, 7) is 4.19. The van der Waals surface area contributed by atoms with Gasteiger partial charge in [0.25, 0.3) is 0 Å². The zero-order valence-electron chi connectivity index (χ0n) is 14.7. The molecule has 7 heteroatoms. The highest BCUT2D eigenvalue weighted by Crippen LogP contribution is 2.61. The monoisotopic (exact) mass is 392 g/mol. The molecule has 138 valence electrons. The molecule has 1 atom stereocenters. The standard InChI is InChI=1S/C19H22ClN2O3P/c1-3-24-26(23,25-4-2)19(22-15-11-9-14(20)10-12-15)17-13-21-18-8-6-5-7-16(17)18/h5-13,19,21-22H,3-4H2,1-2H3/t19-/m0/s1. The summed E-state index contributed by atoms with van der Waals surface area (Å²) in [5, 5.41) is 4.93. The van der Waals surface area contributed by atoms with Crippen LogP contribution in [-0.4, -0.2) is 18.2 Å². The summed E-state index contributed by atoms with van der Waals surface area (Å²) in [6, 6.07) is 15.1. The highest BCUT2D eigenvalue weighted by Gasteiger charge is 2.38. The number of rotatable bonds is 8. The van der Waals surface area contributed by atoms with Crippen LogP contribution in [0.4, 0.5) is 5.69 Å². The molecular weight excluding hydrogens is 371 g/mol. The molecule has 5 nitrogen and oxygen atoms in total. The van der Waals surface area contributed by atoms with Crippen LogP contribution in [0.15, 0.2) is 54.7 Å². The van der Waals surface area contributed by atoms with E-state index in [0.717, 1.165) is 22.2 Å². The van der Waals surface area contributed by atoms with E-state index in [4.69, 9.17) is 20.6 Å². The highest BCUT2D eigenvalue weighted by molar-refractivity contribution is 7.54. The summed E-state index contributed by atoms with van der Waals surface area (Å²) in [6.07, 6.45) is 1.85. The van der Waals surface area contributed by atoms with E-state index in [0.29, 0.717) is 18.2 Å². The molecular formula is C19H22ClN2O3P. The Bertz CT molecular complexity index is 901. The predicted molar refractivity (Wildman–Crippen MR) is 107 cm³/mol. The molecule has 0 bridgehead atoms. The Hall–Kier alpha value is -1.78. The molecule has 1 aromatic heterocycles. The van der Waals surface area contributed by atoms with E-state index >= 15 is 0 Å². The first-order chi connectivity index (χ1) is 12.6. The average molecular weight is 393 g/mol. The predicted octanol–water partition coefficient (Wildman–Crippen LogP) is 6.20. The Kier molecular flexibility index (Phi) is 6.05. The lowest BCUT2D eigenvalue weighted by Gasteiger charge is -2.27. The topological polar surface area (TPSA) is 63.4 Å². The molecule has 0 saturated carbocycles. The van der Waals surface area contributed by atoms with E-state index in [9.17, 15) is 4.57 Å². The van der Waals surface area contributed by atoms with Crippen molar-refractivity contribution in [1.82, 2.24) is 4.98 Å². The zero-order chi connectivity index (χ0) is 18.6. The summed E-state index contributed by atoms with van der Waals surface area (Å²) >= 11 is 5.98. The maximum atomic E-state index is 13.6. The molecule has 26 heavy (non-hydrogen) atoms. The Morgan fingerprint density at radius 3 is 2.38 bits per heavy atom. The first-order valence-electron chi connectivity index (χ1n) is 8.54. The summed E-state index contributed by atoms with van der Waals surface area (Å²) in [4.78, 5) is 3.23. The molecule has 0 unspecified atom stereocenters. The smallest absolute Gasteiger partial charge is 0.357 e. The third-order valence-electron chi connectivity index (χ3n) is 4.00. The number of anilines is 1. The number of H-pyrrole nitrogens is 1. The van der Waals surface area contributed by atoms with Crippen LogP contribution >= 0.6 is 19.2 Å². The summed E-state index contributed by atoms with van der Waals surface area (Å²) in [5.74, 6) is -0.653. The van der Waals surface area contributed by atoms with Gasteiger partial charge in [-0.1, -0.05) is 29.8 Å². The number of benzene rings is 2. The van der Waals surface area contributed by atoms with Gasteiger partial charge in [0.2, 0.25) is 0 Å². The van der Waals surface area contributed by atoms with Crippen molar-refractivity contribution in [3.63, 3.8) is 0 Å². The number of hydrogen-bond acceptors (Lipinski definition) is 4. The second-order valence-corrected chi connectivity index (χ2v) is 8.27. The summed E-state index contributed by atoms with van der Waals surface area (Å²) in [5.41, 5.74) is 2.58. The van der Waals surface area contributed by atoms with Crippen LogP contribution in [0.5, 0.6) is 0 Å². The van der Waals surface area contributed by atoms with Crippen molar-refractivity contribution >= 4 is 35.8 Å². The first kappa shape index (κ1) is 19.0. The van der Waals surface area contributed by atoms with Gasteiger partial charge < -0.3 is 19.3 Å². The van der Waals surface area contributed by atoms with Gasteiger partial charge in [-0.05, 0) is 44.2 Å². The first-order valence-corrected chi connectivity index (χ1v) is 10.5. The Labute approximate surface area is 158 Å². The summed E-state index contributed by atoms with van der Waals surface area (Å²) in [7, 11) is -3.46. The van der Waals surface area contributed by atoms with Crippen LogP contribution in [-0.2, 0) is 13.6 Å². The van der Waals surface area contributed by atoms with E-state index in [-0.39, 0.29) is 0 Å². The lowest BCUT2D eigenvalue weighted by Crippen LogP contribution is -2.15. The molecule has 3 rings (SSSR count). The van der Waals surface area contributed by atoms with Crippen molar-refractivity contribution in [3.8, 4) is 0 Å². The van der Waals surface area contributed by atoms with Gasteiger partial charge in [-0.3, -0.25) is 4.57 Å². The minimum atomic E-state index is -3.46. The Morgan fingerprint density at radius 2 is 1.73 bits per heavy atom. The van der Waals surface area contributed by atoms with E-state index < -0.39 is 13.4 Å². The van der Waals surface area contributed by atoms with Gasteiger partial charge in [-0.2, -0.15) is 0 Å². The van der Waals surface area contributed by atoms with Gasteiger partial charge in [-0.25, -0.2) is 0 Å². The van der Waals surface area contributed by atoms with Crippen LogP contribution in [0.25, 0.3) is 10.9 Å². The molecule has 0 saturated heterocycles. The summed E-state index contributed by atoms with van der Waals surface area (Å²) < 4.78 is 24.8. The van der Waals surface area contributed by atoms with E-state index in [1.165, 1.54) is 0 Å². The quantitative estimate of drug-likeness (QED) is 0.448. The van der Waals surface area contributed by atoms with Gasteiger partial charge in [-0.15, -0.1) is 0 Å². The molecule has 0 aliphatic heterocycles. The zero-order valence-corrected chi connectivity index (χ0v) is 16.4. The molecule has 3 aromatic rings. The minimum Gasteiger partial charge on any atom is -0.368 e. The number of hydrogen-bond donors (Lipinski definition) is 2. The Balaban J connectivity index is 2.08. The third-order valence-corrected chi connectivity index (χ3v) is 6.53. The van der Waals surface area contributed by atoms with Gasteiger partial charge in [0.15, 0.2) is 5.78 Å². The lowest BCUT2D eigenvalue weighted by atomic mass is 10.1. The van der Waals surface area contributed by atoms with Crippen molar-refractivity contribution < 1.29 is 13.6 Å². The van der Waals surface area contributed by atoms with Crippen LogP contribution in [0.3, 0.4) is 0 Å². The fourth-order valence-electron chi connectivity index (χ4n) is 2.90. The van der Waals surface area contributed by atoms with Crippen LogP contribution < -0.4 is 5.32 Å². The molecule has 2 aromatic carbocycles. The maximum Gasteiger partial charge on any atom is 0.357 e. The number of para-hydroxylation sites is 1. The fourth-order valence-corrected chi connectivity index (χ4v) is 4.98. The molecule has 0 radical (unpaired) electrons. The van der Waals surface area contributed by atoms with E-state index in [2.05, 4.69) is 10.3 Å². The molecule has 0 spiro atoms. The van der Waals surface area contributed by atoms with E-state index in [1.807, 2.05) is 42.6 Å². The molecule has 0 aliphatic rings. The van der Waals surface area contributed by atoms with Gasteiger partial charge >= 0.3 is 7.60 Å². The van der Waals surface area contributed by atoms with Crippen molar-refractivity contribution in [2.24, 2.45) is 0 Å². The van der Waals surface area contributed by atoms with E-state index in [1.54, 1.807) is 26.0 Å². The molecule has 1 heterocycles. The molecule has 0 fully saturated rings. The molecule has 2 N–H and O–H groups in total. The largest absolute Gasteiger partial charge is 0.368 e. The van der Waals surface area contributed by atoms with Crippen LogP contribution in [0.1, 0.15) is 25.2 Å². The number of aromatic nitrogens is 1. The third kappa shape index (κ3) is 3.97. The lowest BCUT2D eigenvalue weighted by molar-refractivity contribution is 0.214. The van der Waals surface area contributed by atoms with Gasteiger partial charge in [0, 0.05) is 33.4 Å². The number of fused-ring (bicyclic) bond motifs is 1. The fraction of sp³-hybridized carbons (Fsp3) is 0.263. The van der Waals surface area contributed by atoms with Crippen molar-refractivity contribution in [3.05, 3.63) is 65.3 Å². The van der Waals surface area contributed by atoms with Crippen LogP contribution in [0.2, 0.25) is 5.02 Å². The number of aromatic amines is 1. The molecule has 0 aliphatic carbocycles. The minimum absolute atomic E-state index is 0.290. The highest BCUT2D eigenvalue weighted by atomic mass is 35.5. The van der Waals surface area contributed by atoms with Crippen molar-refractivity contribution in [1.29, 1.82) is 0 Å². The van der Waals surface area contributed by atoms with Gasteiger partial charge in [0.05, 0.1) is 13.2 Å². The normalized spacial score (nSPS) is 13.0. The molecule has 0 amide bonds. The average Bonchev–Trinajstić information content (AvgIpc) is 3.05. The maximum absolute atomic E-state index is 13.6. The number of halogens is 1. The SMILES string of the molecule is CCOP(=O)(OCC)[C@H](Nc1ccc(Cl)cc1)c1c[nH]c2ccccc12. The van der Waals surface area contributed by atoms with Crippen molar-refractivity contribution in [2.75, 3.05) is 18.5 Å². The van der Waals surface area contributed by atoms with Crippen LogP contribution in [0, 0.1) is 0 Å². The second-order valence-electron chi connectivity index (χ2n) is 5.72. The Morgan fingerprint density at radius 1 is 1.08 bits per heavy atom. The van der Waals surface area contributed by atoms with Crippen molar-refractivity contribution in [2.45, 2.75) is 19.6 Å².